The molecule has 0 radical (unpaired) electrons. The van der Waals surface area contributed by atoms with Crippen LogP contribution >= 0.6 is 23.2 Å². The van der Waals surface area contributed by atoms with Crippen LogP contribution in [0.4, 0.5) is 82.8 Å². The van der Waals surface area contributed by atoms with Crippen LogP contribution in [0.2, 0.25) is 10.0 Å². The average Bonchev–Trinajstić information content (AvgIpc) is 1.72. The van der Waals surface area contributed by atoms with Gasteiger partial charge in [-0.2, -0.15) is 19.0 Å². The van der Waals surface area contributed by atoms with Crippen LogP contribution in [0.15, 0.2) is 159 Å². The van der Waals surface area contributed by atoms with E-state index in [1.54, 1.807) is 140 Å². The van der Waals surface area contributed by atoms with Crippen LogP contribution < -0.4 is 62.1 Å². The maximum atomic E-state index is 14.4. The zero-order valence-electron chi connectivity index (χ0n) is 81.4. The molecule has 0 bridgehead atoms. The molecule has 4 unspecified atom stereocenters. The second-order valence-electron chi connectivity index (χ2n) is 31.0. The molecule has 0 fully saturated rings. The summed E-state index contributed by atoms with van der Waals surface area (Å²) in [5.41, 5.74) is 4.23. The van der Waals surface area contributed by atoms with Crippen molar-refractivity contribution in [2.75, 3.05) is 123 Å². The summed E-state index contributed by atoms with van der Waals surface area (Å²) in [6.07, 6.45) is 0.648. The van der Waals surface area contributed by atoms with Crippen molar-refractivity contribution in [3.63, 3.8) is 0 Å². The van der Waals surface area contributed by atoms with Crippen molar-refractivity contribution in [1.82, 2.24) is 101 Å². The van der Waals surface area contributed by atoms with Crippen molar-refractivity contribution in [3.05, 3.63) is 259 Å². The Morgan fingerprint density at radius 1 is 0.342 bits per heavy atom. The lowest BCUT2D eigenvalue weighted by atomic mass is 10.2. The molecule has 48 nitrogen and oxygen atoms in total. The number of carbonyl (C=O) groups excluding carboxylic acids is 12. The van der Waals surface area contributed by atoms with Gasteiger partial charge in [-0.15, -0.1) is 49.8 Å². The normalized spacial score (nSPS) is 11.5. The standard InChI is InChI=1S/C23H25ClFN7O5.C23H26ClN7O5.C23H25F2N7O5.C23H26FN7O5/c1-13-7-8-17(16(24)10-13)28-22(34)19-20(25)30-32(29-19)14(2)37-23(35)31(4)21-15(6-5-9-27-21)12-36-18(33)11-26-3;1-14-7-8-18(17(24)10-14)28-22(33)19-11-27-31(29-19)15(2)36-23(34)30(4)21-16(6-5-9-26-21)13-35-20(32)12-25-3;1-13-7-8-17(16(24)10-13)28-22(34)19-20(25)30-32(29-19)14(2)37-23(35)31(4)21-15(6-5-9-27-21)12-36-18(33)11-26-3;1-14-7-8-18(17(24)10-14)28-22(33)19-11-27-31(29-19)15(2)36-23(34)30(4)21-16(6-5-9-26-21)13-35-20(32)12-25-3/h5-10,14,26H,11-12H2,1-4H3,(H,28,34);5-11,15,25H,12-13H2,1-4H3,(H,28,33);5-10,14,26H,11-12H2,1-4H3,(H,28,34);5-11,15,25H,12-13H2,1-4H3,(H,28,33). The van der Waals surface area contributed by atoms with Gasteiger partial charge in [0.25, 0.3) is 35.5 Å². The van der Waals surface area contributed by atoms with E-state index in [1.165, 1.54) is 115 Å². The molecule has 8 heterocycles. The number of rotatable bonds is 36. The van der Waals surface area contributed by atoms with Gasteiger partial charge in [0.2, 0.25) is 36.3 Å². The number of nitrogens with one attached hydrogen (secondary N) is 8. The SMILES string of the molecule is CNCC(=O)OCc1cccnc1N(C)C(=O)OC(C)n1nc(F)c(C(=O)Nc2ccc(C)cc2Cl)n1.CNCC(=O)OCc1cccnc1N(C)C(=O)OC(C)n1nc(F)c(C(=O)Nc2ccc(C)cc2F)n1.CNCC(=O)OCc1cccnc1N(C)C(=O)OC(C)n1ncc(C(=O)Nc2ccc(C)cc2Cl)n1.CNCC(=O)OCc1cccnc1N(C)C(=O)OC(C)n1ncc(C(=O)Nc2ccc(C)cc2F)n1. The largest absolute Gasteiger partial charge is 0.460 e. The number of benzene rings is 4. The van der Waals surface area contributed by atoms with E-state index in [0.29, 0.717) is 48.9 Å². The molecule has 4 atom stereocenters. The zero-order chi connectivity index (χ0) is 107. The molecule has 0 aliphatic rings. The number of ether oxygens (including phenoxy) is 8. The third-order valence-corrected chi connectivity index (χ3v) is 20.3. The summed E-state index contributed by atoms with van der Waals surface area (Å²) in [6, 6.07) is 31.8. The number of esters is 4. The second-order valence-corrected chi connectivity index (χ2v) is 31.9. The topological polar surface area (TPSA) is 562 Å². The fraction of sp³-hybridized carbons (Fsp3) is 0.304. The Morgan fingerprint density at radius 3 is 0.870 bits per heavy atom. The van der Waals surface area contributed by atoms with Gasteiger partial charge >= 0.3 is 48.3 Å². The van der Waals surface area contributed by atoms with Crippen molar-refractivity contribution in [3.8, 4) is 0 Å². The Labute approximate surface area is 840 Å². The van der Waals surface area contributed by atoms with Gasteiger partial charge in [0.05, 0.1) is 71.4 Å². The number of nitrogens with zero attached hydrogens (tertiary/aromatic N) is 20. The van der Waals surface area contributed by atoms with Crippen molar-refractivity contribution < 1.29 is 113 Å². The van der Waals surface area contributed by atoms with Gasteiger partial charge in [0.1, 0.15) is 61.3 Å². The number of pyridine rings is 4. The maximum absolute atomic E-state index is 14.4. The lowest BCUT2D eigenvalue weighted by Crippen LogP contribution is -2.31. The van der Waals surface area contributed by atoms with Crippen molar-refractivity contribution in [2.45, 2.75) is 107 Å². The van der Waals surface area contributed by atoms with Gasteiger partial charge in [-0.25, -0.2) is 47.9 Å². The molecule has 0 aliphatic carbocycles. The minimum atomic E-state index is -1.24. The third kappa shape index (κ3) is 32.5. The molecule has 0 saturated carbocycles. The minimum absolute atomic E-state index is 0.00375. The number of hydrogen-bond donors (Lipinski definition) is 8. The van der Waals surface area contributed by atoms with Crippen LogP contribution in [0.5, 0.6) is 0 Å². The molecule has 0 spiro atoms. The predicted octanol–water partition coefficient (Wildman–Crippen LogP) is 11.0. The number of aryl methyl sites for hydroxylation is 4. The van der Waals surface area contributed by atoms with Crippen LogP contribution in [0.1, 0.15) is 139 Å². The van der Waals surface area contributed by atoms with E-state index >= 15 is 0 Å². The predicted molar refractivity (Wildman–Crippen MR) is 517 cm³/mol. The van der Waals surface area contributed by atoms with Gasteiger partial charge in [-0.3, -0.25) is 58.0 Å². The molecule has 4 aromatic carbocycles. The van der Waals surface area contributed by atoms with Crippen molar-refractivity contribution >= 4 is 141 Å². The summed E-state index contributed by atoms with van der Waals surface area (Å²) in [7, 11) is 12.2. The lowest BCUT2D eigenvalue weighted by Gasteiger charge is -2.21. The second kappa shape index (κ2) is 54.3. The van der Waals surface area contributed by atoms with E-state index in [2.05, 4.69) is 103 Å². The van der Waals surface area contributed by atoms with E-state index in [9.17, 15) is 75.1 Å². The lowest BCUT2D eigenvalue weighted by molar-refractivity contribution is -0.144. The molecule has 8 aromatic heterocycles. The van der Waals surface area contributed by atoms with E-state index in [0.717, 1.165) is 40.2 Å². The molecule has 146 heavy (non-hydrogen) atoms. The van der Waals surface area contributed by atoms with Crippen LogP contribution in [0.3, 0.4) is 0 Å². The highest BCUT2D eigenvalue weighted by Gasteiger charge is 2.32. The summed E-state index contributed by atoms with van der Waals surface area (Å²) in [4.78, 5) is 172. The number of carbonyl (C=O) groups is 12. The van der Waals surface area contributed by atoms with E-state index in [-0.39, 0.29) is 109 Å². The molecule has 0 aliphatic heterocycles. The molecular weight excluding hydrogens is 1960 g/mol. The Hall–Kier alpha value is -17.0. The number of hydrogen-bond acceptors (Lipinski definition) is 36. The molecular formula is C92H102Cl2F4N28O20. The van der Waals surface area contributed by atoms with Gasteiger partial charge in [0, 0.05) is 75.2 Å². The quantitative estimate of drug-likeness (QED) is 0.0103. The zero-order valence-corrected chi connectivity index (χ0v) is 82.9. The minimum Gasteiger partial charge on any atom is -0.460 e. The number of likely N-dealkylation sites (N-methyl/N-ethyl adjacent to an activating group) is 4. The van der Waals surface area contributed by atoms with Crippen LogP contribution in [-0.4, -0.2) is 234 Å². The summed E-state index contributed by atoms with van der Waals surface area (Å²) in [6.45, 7) is 12.6. The summed E-state index contributed by atoms with van der Waals surface area (Å²) in [5, 5.41) is 51.9. The monoisotopic (exact) mass is 2060 g/mol. The van der Waals surface area contributed by atoms with E-state index in [4.69, 9.17) is 61.1 Å². The van der Waals surface area contributed by atoms with E-state index in [1.807, 2.05) is 19.9 Å². The fourth-order valence-electron chi connectivity index (χ4n) is 12.2. The molecule has 0 saturated heterocycles. The van der Waals surface area contributed by atoms with Crippen LogP contribution in [0.25, 0.3) is 0 Å². The first-order valence-corrected chi connectivity index (χ1v) is 44.5. The molecule has 772 valence electrons. The highest BCUT2D eigenvalue weighted by Crippen LogP contribution is 2.30. The van der Waals surface area contributed by atoms with Gasteiger partial charge < -0.3 is 80.4 Å². The van der Waals surface area contributed by atoms with E-state index < -0.39 is 132 Å². The Bertz CT molecular complexity index is 6270. The molecule has 12 aromatic rings. The Kier molecular flexibility index (Phi) is 41.9. The first kappa shape index (κ1) is 113. The summed E-state index contributed by atoms with van der Waals surface area (Å²) in [5.74, 6) is -7.81. The fourth-order valence-corrected chi connectivity index (χ4v) is 12.7. The average molecular weight is 2070 g/mol. The van der Waals surface area contributed by atoms with Crippen molar-refractivity contribution in [2.24, 2.45) is 0 Å². The third-order valence-electron chi connectivity index (χ3n) is 19.6. The highest BCUT2D eigenvalue weighted by atomic mass is 35.5. The molecule has 12 rings (SSSR count). The molecule has 8 N–H and O–H groups in total. The highest BCUT2D eigenvalue weighted by molar-refractivity contribution is 6.34. The summed E-state index contributed by atoms with van der Waals surface area (Å²) >= 11 is 12.3. The number of halogens is 6. The number of aromatic nitrogens is 16. The first-order valence-electron chi connectivity index (χ1n) is 43.7. The van der Waals surface area contributed by atoms with Gasteiger partial charge in [-0.05, 0) is 179 Å². The maximum Gasteiger partial charge on any atom is 0.417 e. The molecule has 8 amide bonds. The smallest absolute Gasteiger partial charge is 0.417 e. The van der Waals surface area contributed by atoms with Crippen LogP contribution in [-0.2, 0) is 83.5 Å². The Morgan fingerprint density at radius 2 is 0.596 bits per heavy atom. The first-order chi connectivity index (χ1) is 69.6. The van der Waals surface area contributed by atoms with Crippen LogP contribution in [0, 0.1) is 51.2 Å². The van der Waals surface area contributed by atoms with Gasteiger partial charge in [-0.1, -0.05) is 71.7 Å². The van der Waals surface area contributed by atoms with Gasteiger partial charge in [0.15, 0.2) is 11.4 Å². The summed E-state index contributed by atoms with van der Waals surface area (Å²) < 4.78 is 98.9. The number of anilines is 8. The number of amides is 8. The van der Waals surface area contributed by atoms with Crippen molar-refractivity contribution in [1.29, 1.82) is 0 Å². The molecule has 54 heteroatoms. The Balaban J connectivity index is 0.000000217.